The van der Waals surface area contributed by atoms with Crippen molar-refractivity contribution < 1.29 is 19.4 Å². The molecule has 1 unspecified atom stereocenters. The van der Waals surface area contributed by atoms with E-state index in [2.05, 4.69) is 62.4 Å². The van der Waals surface area contributed by atoms with Gasteiger partial charge in [0.1, 0.15) is 12.0 Å². The van der Waals surface area contributed by atoms with E-state index < -0.39 is 11.6 Å². The minimum atomic E-state index is -1.33. The summed E-state index contributed by atoms with van der Waals surface area (Å²) < 4.78 is 5.31. The summed E-state index contributed by atoms with van der Waals surface area (Å²) in [5.74, 6) is -0.0378. The molecule has 0 amide bonds. The standard InChI is InChI=1S/C19H32N2.C14H20O4/c1-15(2)13-18(20-3)14-16-9-7-8-12-19(16)21-17-10-5-4-6-11-17;1-6-12(7-8-15)9-10(2)11(3)18-14(4,5)13(16)17/h7-9,12,15,17-18,20-21H,4-6,10-11,13-14H2,1-3H3;6,8-9H,3,7H2,1-2,4-5H3,(H,16,17)/b;10-9-,12-6-. The molecule has 1 fully saturated rings. The van der Waals surface area contributed by atoms with Crippen LogP contribution in [-0.2, 0) is 20.7 Å². The van der Waals surface area contributed by atoms with Gasteiger partial charge < -0.3 is 25.3 Å². The first-order chi connectivity index (χ1) is 18.4. The van der Waals surface area contributed by atoms with Gasteiger partial charge in [0.2, 0.25) is 0 Å². The van der Waals surface area contributed by atoms with Gasteiger partial charge in [0, 0.05) is 24.2 Å². The Kier molecular flexibility index (Phi) is 15.5. The van der Waals surface area contributed by atoms with Gasteiger partial charge in [-0.15, -0.1) is 0 Å². The number of likely N-dealkylation sites (N-methyl/N-ethyl adjacent to an activating group) is 1. The fourth-order valence-electron chi connectivity index (χ4n) is 4.59. The van der Waals surface area contributed by atoms with Gasteiger partial charge in [-0.2, -0.15) is 0 Å². The normalized spacial score (nSPS) is 15.7. The monoisotopic (exact) mass is 540 g/mol. The van der Waals surface area contributed by atoms with Gasteiger partial charge in [-0.05, 0) is 89.1 Å². The summed E-state index contributed by atoms with van der Waals surface area (Å²) in [6.45, 7) is 14.8. The number of carbonyl (C=O) groups excluding carboxylic acids is 1. The molecule has 1 aliphatic rings. The number of nitrogens with one attached hydrogen (secondary N) is 2. The molecule has 0 spiro atoms. The third-order valence-electron chi connectivity index (χ3n) is 7.04. The predicted molar refractivity (Wildman–Crippen MR) is 163 cm³/mol. The van der Waals surface area contributed by atoms with Crippen LogP contribution in [0.5, 0.6) is 0 Å². The summed E-state index contributed by atoms with van der Waals surface area (Å²) in [6, 6.07) is 10.1. The summed E-state index contributed by atoms with van der Waals surface area (Å²) in [5, 5.41) is 16.2. The van der Waals surface area contributed by atoms with Crippen molar-refractivity contribution in [3.05, 3.63) is 65.5 Å². The maximum Gasteiger partial charge on any atom is 0.347 e. The summed E-state index contributed by atoms with van der Waals surface area (Å²) in [6.07, 6.45) is 13.9. The topological polar surface area (TPSA) is 87.7 Å². The first kappa shape index (κ1) is 34.2. The SMILES string of the molecule is C=C(OC(C)(C)C(=O)O)/C(C)=C\C(=C/C)CC=O.CNC(Cc1ccccc1NC1CCCCC1)CC(C)C. The Morgan fingerprint density at radius 2 is 1.85 bits per heavy atom. The van der Waals surface area contributed by atoms with E-state index in [1.807, 2.05) is 13.0 Å². The molecule has 6 nitrogen and oxygen atoms in total. The van der Waals surface area contributed by atoms with E-state index in [4.69, 9.17) is 9.84 Å². The molecule has 0 bridgehead atoms. The van der Waals surface area contributed by atoms with Crippen molar-refractivity contribution in [2.24, 2.45) is 5.92 Å². The van der Waals surface area contributed by atoms with Gasteiger partial charge in [-0.3, -0.25) is 0 Å². The summed E-state index contributed by atoms with van der Waals surface area (Å²) in [7, 11) is 2.09. The zero-order valence-corrected chi connectivity index (χ0v) is 25.3. The van der Waals surface area contributed by atoms with Crippen molar-refractivity contribution in [2.45, 2.75) is 111 Å². The lowest BCUT2D eigenvalue weighted by atomic mass is 9.93. The number of hydrogen-bond donors (Lipinski definition) is 3. The molecule has 1 aromatic rings. The molecule has 0 aromatic heterocycles. The van der Waals surface area contributed by atoms with E-state index in [0.29, 0.717) is 24.1 Å². The first-order valence-electron chi connectivity index (χ1n) is 14.3. The van der Waals surface area contributed by atoms with Crippen molar-refractivity contribution in [2.75, 3.05) is 12.4 Å². The fraction of sp³-hybridized carbons (Fsp3) is 0.576. The molecule has 1 saturated carbocycles. The van der Waals surface area contributed by atoms with Crippen molar-refractivity contribution in [1.29, 1.82) is 0 Å². The number of para-hydroxylation sites is 1. The lowest BCUT2D eigenvalue weighted by Gasteiger charge is -2.26. The van der Waals surface area contributed by atoms with Crippen molar-refractivity contribution in [3.63, 3.8) is 0 Å². The number of aldehydes is 1. The second-order valence-electron chi connectivity index (χ2n) is 11.4. The lowest BCUT2D eigenvalue weighted by molar-refractivity contribution is -0.156. The highest BCUT2D eigenvalue weighted by molar-refractivity contribution is 5.76. The number of carboxylic acid groups (broad SMARTS) is 1. The van der Waals surface area contributed by atoms with Crippen LogP contribution in [0.25, 0.3) is 0 Å². The van der Waals surface area contributed by atoms with E-state index in [0.717, 1.165) is 24.2 Å². The number of ether oxygens (including phenoxy) is 1. The van der Waals surface area contributed by atoms with E-state index in [1.165, 1.54) is 63.6 Å². The Morgan fingerprint density at radius 3 is 2.38 bits per heavy atom. The average Bonchev–Trinajstić information content (AvgIpc) is 2.89. The molecule has 1 aromatic carbocycles. The predicted octanol–water partition coefficient (Wildman–Crippen LogP) is 7.47. The average molecular weight is 541 g/mol. The highest BCUT2D eigenvalue weighted by atomic mass is 16.5. The van der Waals surface area contributed by atoms with Crippen LogP contribution in [0.4, 0.5) is 5.69 Å². The Labute approximate surface area is 237 Å². The highest BCUT2D eigenvalue weighted by Crippen LogP contribution is 2.25. The van der Waals surface area contributed by atoms with Gasteiger partial charge in [0.15, 0.2) is 5.60 Å². The van der Waals surface area contributed by atoms with Gasteiger partial charge in [0.05, 0.1) is 0 Å². The molecule has 1 aliphatic carbocycles. The van der Waals surface area contributed by atoms with Crippen LogP contribution < -0.4 is 10.6 Å². The molecule has 0 saturated heterocycles. The highest BCUT2D eigenvalue weighted by Gasteiger charge is 2.30. The second-order valence-corrected chi connectivity index (χ2v) is 11.4. The van der Waals surface area contributed by atoms with E-state index in [1.54, 1.807) is 13.0 Å². The first-order valence-corrected chi connectivity index (χ1v) is 14.3. The van der Waals surface area contributed by atoms with Crippen LogP contribution >= 0.6 is 0 Å². The van der Waals surface area contributed by atoms with Crippen LogP contribution in [0.15, 0.2) is 59.9 Å². The summed E-state index contributed by atoms with van der Waals surface area (Å²) in [5.41, 5.74) is 3.02. The van der Waals surface area contributed by atoms with Crippen LogP contribution in [-0.4, -0.2) is 42.1 Å². The Bertz CT molecular complexity index is 972. The van der Waals surface area contributed by atoms with Crippen LogP contribution in [0.2, 0.25) is 0 Å². The number of rotatable bonds is 14. The number of allylic oxidation sites excluding steroid dienone is 4. The molecule has 0 aliphatic heterocycles. The maximum atomic E-state index is 10.9. The summed E-state index contributed by atoms with van der Waals surface area (Å²) >= 11 is 0. The van der Waals surface area contributed by atoms with Gasteiger partial charge >= 0.3 is 5.97 Å². The molecule has 218 valence electrons. The molecular weight excluding hydrogens is 488 g/mol. The van der Waals surface area contributed by atoms with Crippen molar-refractivity contribution in [1.82, 2.24) is 5.32 Å². The summed E-state index contributed by atoms with van der Waals surface area (Å²) in [4.78, 5) is 21.4. The third kappa shape index (κ3) is 13.2. The molecule has 6 heteroatoms. The van der Waals surface area contributed by atoms with E-state index in [9.17, 15) is 9.59 Å². The largest absolute Gasteiger partial charge is 0.478 e. The molecule has 0 heterocycles. The number of benzene rings is 1. The zero-order chi connectivity index (χ0) is 29.4. The zero-order valence-electron chi connectivity index (χ0n) is 25.3. The quantitative estimate of drug-likeness (QED) is 0.129. The van der Waals surface area contributed by atoms with E-state index >= 15 is 0 Å². The smallest absolute Gasteiger partial charge is 0.347 e. The van der Waals surface area contributed by atoms with Crippen LogP contribution in [0.3, 0.4) is 0 Å². The van der Waals surface area contributed by atoms with Gasteiger partial charge in [-0.1, -0.05) is 70.0 Å². The van der Waals surface area contributed by atoms with Gasteiger partial charge in [-0.25, -0.2) is 4.79 Å². The van der Waals surface area contributed by atoms with E-state index in [-0.39, 0.29) is 5.76 Å². The minimum absolute atomic E-state index is 0.285. The second kappa shape index (κ2) is 17.7. The van der Waals surface area contributed by atoms with Crippen LogP contribution in [0.1, 0.15) is 92.1 Å². The van der Waals surface area contributed by atoms with Crippen molar-refractivity contribution >= 4 is 17.9 Å². The number of carbonyl (C=O) groups is 2. The third-order valence-corrected chi connectivity index (χ3v) is 7.04. The number of carboxylic acids is 1. The maximum absolute atomic E-state index is 10.9. The van der Waals surface area contributed by atoms with Gasteiger partial charge in [0.25, 0.3) is 0 Å². The Hall–Kier alpha value is -2.86. The lowest BCUT2D eigenvalue weighted by Crippen LogP contribution is -2.34. The molecule has 39 heavy (non-hydrogen) atoms. The molecular formula is C33H52N2O4. The minimum Gasteiger partial charge on any atom is -0.478 e. The molecule has 0 radical (unpaired) electrons. The molecule has 2 rings (SSSR count). The molecule has 1 atom stereocenters. The fourth-order valence-corrected chi connectivity index (χ4v) is 4.59. The number of hydrogen-bond acceptors (Lipinski definition) is 5. The van der Waals surface area contributed by atoms with Crippen molar-refractivity contribution in [3.8, 4) is 0 Å². The van der Waals surface area contributed by atoms with Crippen LogP contribution in [0, 0.1) is 5.92 Å². The Morgan fingerprint density at radius 1 is 1.21 bits per heavy atom. The number of aliphatic carboxylic acids is 1. The number of anilines is 1. The molecule has 3 N–H and O–H groups in total. The Balaban J connectivity index is 0.000000396.